The number of carboxylic acids is 1. The van der Waals surface area contributed by atoms with Gasteiger partial charge in [0.1, 0.15) is 0 Å². The summed E-state index contributed by atoms with van der Waals surface area (Å²) in [6, 6.07) is 6.12. The standard InChI is InChI=1S/C15H22N2O4/c1-10(18)9-16-13(8-14(19)20)15(21)11-4-6-12(7-5-11)17(2)3/h4-7,10,13,16,18H,8-9H2,1-3H3,(H,19,20). The van der Waals surface area contributed by atoms with Crippen molar-refractivity contribution < 1.29 is 19.8 Å². The second kappa shape index (κ2) is 7.75. The van der Waals surface area contributed by atoms with Gasteiger partial charge in [0.15, 0.2) is 5.78 Å². The highest BCUT2D eigenvalue weighted by Gasteiger charge is 2.23. The summed E-state index contributed by atoms with van der Waals surface area (Å²) in [6.45, 7) is 1.74. The monoisotopic (exact) mass is 294 g/mol. The van der Waals surface area contributed by atoms with E-state index in [1.54, 1.807) is 31.2 Å². The molecule has 3 N–H and O–H groups in total. The molecule has 21 heavy (non-hydrogen) atoms. The summed E-state index contributed by atoms with van der Waals surface area (Å²) in [5, 5.41) is 21.0. The molecule has 0 aliphatic heterocycles. The molecule has 0 radical (unpaired) electrons. The van der Waals surface area contributed by atoms with E-state index in [1.165, 1.54) is 0 Å². The molecule has 0 heterocycles. The van der Waals surface area contributed by atoms with Gasteiger partial charge in [-0.2, -0.15) is 0 Å². The molecule has 6 heteroatoms. The lowest BCUT2D eigenvalue weighted by Gasteiger charge is -2.18. The van der Waals surface area contributed by atoms with Crippen LogP contribution in [0.5, 0.6) is 0 Å². The topological polar surface area (TPSA) is 89.9 Å². The quantitative estimate of drug-likeness (QED) is 0.613. The molecule has 0 saturated carbocycles. The van der Waals surface area contributed by atoms with Crippen LogP contribution < -0.4 is 10.2 Å². The number of ketones is 1. The SMILES string of the molecule is CC(O)CNC(CC(=O)O)C(=O)c1ccc(N(C)C)cc1. The zero-order valence-electron chi connectivity index (χ0n) is 12.5. The molecule has 0 spiro atoms. The molecular weight excluding hydrogens is 272 g/mol. The second-order valence-corrected chi connectivity index (χ2v) is 5.21. The van der Waals surface area contributed by atoms with Crippen molar-refractivity contribution in [3.05, 3.63) is 29.8 Å². The Labute approximate surface area is 124 Å². The summed E-state index contributed by atoms with van der Waals surface area (Å²) in [5.41, 5.74) is 1.41. The van der Waals surface area contributed by atoms with Crippen LogP contribution in [0.1, 0.15) is 23.7 Å². The van der Waals surface area contributed by atoms with Crippen molar-refractivity contribution in [2.45, 2.75) is 25.5 Å². The highest BCUT2D eigenvalue weighted by atomic mass is 16.4. The zero-order chi connectivity index (χ0) is 16.0. The third-order valence-electron chi connectivity index (χ3n) is 3.02. The summed E-state index contributed by atoms with van der Waals surface area (Å²) < 4.78 is 0. The van der Waals surface area contributed by atoms with Crippen LogP contribution in [-0.2, 0) is 4.79 Å². The van der Waals surface area contributed by atoms with E-state index in [1.807, 2.05) is 19.0 Å². The Balaban J connectivity index is 2.85. The summed E-state index contributed by atoms with van der Waals surface area (Å²) in [7, 11) is 3.79. The number of rotatable bonds is 8. The summed E-state index contributed by atoms with van der Waals surface area (Å²) >= 11 is 0. The van der Waals surface area contributed by atoms with Gasteiger partial charge in [0.05, 0.1) is 18.6 Å². The smallest absolute Gasteiger partial charge is 0.305 e. The maximum atomic E-state index is 12.4. The number of benzene rings is 1. The molecule has 0 fully saturated rings. The lowest BCUT2D eigenvalue weighted by molar-refractivity contribution is -0.137. The molecular formula is C15H22N2O4. The number of nitrogens with one attached hydrogen (secondary N) is 1. The van der Waals surface area contributed by atoms with Crippen LogP contribution in [-0.4, -0.2) is 54.8 Å². The van der Waals surface area contributed by atoms with E-state index in [-0.39, 0.29) is 18.7 Å². The second-order valence-electron chi connectivity index (χ2n) is 5.21. The largest absolute Gasteiger partial charge is 0.481 e. The Morgan fingerprint density at radius 2 is 1.81 bits per heavy atom. The van der Waals surface area contributed by atoms with Crippen LogP contribution in [0.2, 0.25) is 0 Å². The molecule has 0 aliphatic rings. The van der Waals surface area contributed by atoms with E-state index in [0.29, 0.717) is 5.56 Å². The van der Waals surface area contributed by atoms with E-state index >= 15 is 0 Å². The van der Waals surface area contributed by atoms with E-state index in [4.69, 9.17) is 5.11 Å². The van der Waals surface area contributed by atoms with E-state index < -0.39 is 18.1 Å². The van der Waals surface area contributed by atoms with Gasteiger partial charge < -0.3 is 20.4 Å². The molecule has 0 aliphatic carbocycles. The van der Waals surface area contributed by atoms with Gasteiger partial charge in [0, 0.05) is 31.9 Å². The maximum Gasteiger partial charge on any atom is 0.305 e. The van der Waals surface area contributed by atoms with Gasteiger partial charge >= 0.3 is 5.97 Å². The number of nitrogens with zero attached hydrogens (tertiary/aromatic N) is 1. The Bertz CT molecular complexity index is 483. The Morgan fingerprint density at radius 1 is 1.24 bits per heavy atom. The van der Waals surface area contributed by atoms with Crippen LogP contribution >= 0.6 is 0 Å². The average Bonchev–Trinajstić information content (AvgIpc) is 2.42. The van der Waals surface area contributed by atoms with E-state index in [9.17, 15) is 14.7 Å². The van der Waals surface area contributed by atoms with Crippen LogP contribution in [0, 0.1) is 0 Å². The van der Waals surface area contributed by atoms with Crippen molar-refractivity contribution in [3.63, 3.8) is 0 Å². The minimum Gasteiger partial charge on any atom is -0.481 e. The van der Waals surface area contributed by atoms with Gasteiger partial charge in [-0.1, -0.05) is 0 Å². The van der Waals surface area contributed by atoms with Crippen molar-refractivity contribution in [2.75, 3.05) is 25.5 Å². The van der Waals surface area contributed by atoms with Crippen molar-refractivity contribution in [2.24, 2.45) is 0 Å². The Morgan fingerprint density at radius 3 is 2.24 bits per heavy atom. The van der Waals surface area contributed by atoms with Gasteiger partial charge in [-0.3, -0.25) is 9.59 Å². The number of Topliss-reactive ketones (excluding diaryl/α,β-unsaturated/α-hetero) is 1. The molecule has 0 amide bonds. The minimum atomic E-state index is -1.06. The molecule has 0 bridgehead atoms. The van der Waals surface area contributed by atoms with Gasteiger partial charge in [0.25, 0.3) is 0 Å². The van der Waals surface area contributed by atoms with Crippen molar-refractivity contribution in [1.29, 1.82) is 0 Å². The Hall–Kier alpha value is -1.92. The Kier molecular flexibility index (Phi) is 6.33. The van der Waals surface area contributed by atoms with Gasteiger partial charge in [-0.25, -0.2) is 0 Å². The lowest BCUT2D eigenvalue weighted by Crippen LogP contribution is -2.41. The zero-order valence-corrected chi connectivity index (χ0v) is 12.5. The summed E-state index contributed by atoms with van der Waals surface area (Å²) in [4.78, 5) is 25.1. The number of carbonyl (C=O) groups is 2. The fraction of sp³-hybridized carbons (Fsp3) is 0.467. The molecule has 116 valence electrons. The van der Waals surface area contributed by atoms with E-state index in [0.717, 1.165) is 5.69 Å². The molecule has 1 aromatic carbocycles. The molecule has 0 saturated heterocycles. The molecule has 2 atom stereocenters. The maximum absolute atomic E-state index is 12.4. The molecule has 0 aromatic heterocycles. The average molecular weight is 294 g/mol. The summed E-state index contributed by atoms with van der Waals surface area (Å²) in [5.74, 6) is -1.35. The predicted molar refractivity (Wildman–Crippen MR) is 80.8 cm³/mol. The normalized spacial score (nSPS) is 13.5. The van der Waals surface area contributed by atoms with Crippen molar-refractivity contribution in [3.8, 4) is 0 Å². The van der Waals surface area contributed by atoms with Gasteiger partial charge in [0.2, 0.25) is 0 Å². The van der Waals surface area contributed by atoms with Gasteiger partial charge in [-0.15, -0.1) is 0 Å². The van der Waals surface area contributed by atoms with Crippen molar-refractivity contribution >= 4 is 17.4 Å². The number of aliphatic hydroxyl groups is 1. The third kappa shape index (κ3) is 5.53. The number of carboxylic acid groups (broad SMARTS) is 1. The third-order valence-corrected chi connectivity index (χ3v) is 3.02. The number of carbonyl (C=O) groups excluding carboxylic acids is 1. The van der Waals surface area contributed by atoms with Crippen LogP contribution in [0.25, 0.3) is 0 Å². The van der Waals surface area contributed by atoms with Crippen LogP contribution in [0.15, 0.2) is 24.3 Å². The summed E-state index contributed by atoms with van der Waals surface area (Å²) in [6.07, 6.45) is -0.966. The first-order valence-corrected chi connectivity index (χ1v) is 6.76. The van der Waals surface area contributed by atoms with Gasteiger partial charge in [-0.05, 0) is 31.2 Å². The minimum absolute atomic E-state index is 0.166. The highest BCUT2D eigenvalue weighted by molar-refractivity contribution is 6.01. The number of aliphatic hydroxyl groups excluding tert-OH is 1. The first-order valence-electron chi connectivity index (χ1n) is 6.76. The van der Waals surface area contributed by atoms with Crippen molar-refractivity contribution in [1.82, 2.24) is 5.32 Å². The number of hydrogen-bond acceptors (Lipinski definition) is 5. The number of anilines is 1. The fourth-order valence-corrected chi connectivity index (χ4v) is 1.87. The van der Waals surface area contributed by atoms with E-state index in [2.05, 4.69) is 5.32 Å². The lowest BCUT2D eigenvalue weighted by atomic mass is 10.0. The first kappa shape index (κ1) is 17.1. The number of aliphatic carboxylic acids is 1. The first-order chi connectivity index (χ1) is 9.81. The molecule has 2 unspecified atom stereocenters. The van der Waals surface area contributed by atoms with Crippen LogP contribution in [0.4, 0.5) is 5.69 Å². The fourth-order valence-electron chi connectivity index (χ4n) is 1.87. The number of hydrogen-bond donors (Lipinski definition) is 3. The predicted octanol–water partition coefficient (Wildman–Crippen LogP) is 0.749. The molecule has 1 rings (SSSR count). The molecule has 1 aromatic rings. The highest BCUT2D eigenvalue weighted by Crippen LogP contribution is 2.14. The molecule has 6 nitrogen and oxygen atoms in total. The van der Waals surface area contributed by atoms with Crippen LogP contribution in [0.3, 0.4) is 0 Å².